The molecule has 0 bridgehead atoms. The second-order valence-corrected chi connectivity index (χ2v) is 5.04. The van der Waals surface area contributed by atoms with Crippen molar-refractivity contribution in [3.05, 3.63) is 24.3 Å². The molecule has 4 nitrogen and oxygen atoms in total. The number of nitrogens with zero attached hydrogens (tertiary/aromatic N) is 1. The van der Waals surface area contributed by atoms with Crippen molar-refractivity contribution in [3.8, 4) is 0 Å². The fourth-order valence-corrected chi connectivity index (χ4v) is 2.80. The van der Waals surface area contributed by atoms with Crippen LogP contribution in [0.5, 0.6) is 0 Å². The lowest BCUT2D eigenvalue weighted by Crippen LogP contribution is -2.38. The van der Waals surface area contributed by atoms with E-state index < -0.39 is 0 Å². The van der Waals surface area contributed by atoms with Crippen molar-refractivity contribution in [2.75, 3.05) is 44.1 Å². The van der Waals surface area contributed by atoms with Crippen molar-refractivity contribution in [1.82, 2.24) is 0 Å². The number of rotatable bonds is 5. The number of para-hydroxylation sites is 1. The van der Waals surface area contributed by atoms with E-state index in [1.165, 1.54) is 0 Å². The monoisotopic (exact) mass is 267 g/mol. The molecule has 0 aliphatic carbocycles. The second kappa shape index (κ2) is 6.78. The highest BCUT2D eigenvalue weighted by Crippen LogP contribution is 2.34. The summed E-state index contributed by atoms with van der Waals surface area (Å²) in [4.78, 5) is 15.0. The van der Waals surface area contributed by atoms with Gasteiger partial charge in [0.15, 0.2) is 0 Å². The van der Waals surface area contributed by atoms with Gasteiger partial charge in [0.25, 0.3) is 5.91 Å². The van der Waals surface area contributed by atoms with Gasteiger partial charge in [-0.25, -0.2) is 0 Å². The Balaban J connectivity index is 1.95. The molecule has 0 atom stereocenters. The van der Waals surface area contributed by atoms with Crippen LogP contribution in [0.4, 0.5) is 5.69 Å². The molecule has 1 aliphatic heterocycles. The number of carbonyl (C=O) groups is 1. The molecule has 0 unspecified atom stereocenters. The Morgan fingerprint density at radius 2 is 2.22 bits per heavy atom. The molecule has 2 rings (SSSR count). The van der Waals surface area contributed by atoms with Gasteiger partial charge in [-0.1, -0.05) is 12.1 Å². The molecule has 0 radical (unpaired) electrons. The number of hydrogen-bond donors (Lipinski definition) is 0. The lowest BCUT2D eigenvalue weighted by molar-refractivity contribution is -0.123. The molecule has 0 saturated carbocycles. The predicted molar refractivity (Wildman–Crippen MR) is 72.2 cm³/mol. The Bertz CT molecular complexity index is 411. The average Bonchev–Trinajstić information content (AvgIpc) is 2.43. The number of methoxy groups -OCH3 is 1. The topological polar surface area (TPSA) is 38.8 Å². The molecular weight excluding hydrogens is 250 g/mol. The zero-order valence-corrected chi connectivity index (χ0v) is 11.2. The van der Waals surface area contributed by atoms with Crippen LogP contribution < -0.4 is 4.90 Å². The third-order valence-corrected chi connectivity index (χ3v) is 3.73. The third-order valence-electron chi connectivity index (χ3n) is 2.69. The molecule has 1 amide bonds. The Morgan fingerprint density at radius 1 is 1.39 bits per heavy atom. The van der Waals surface area contributed by atoms with Crippen molar-refractivity contribution in [1.29, 1.82) is 0 Å². The minimum absolute atomic E-state index is 0.0128. The van der Waals surface area contributed by atoms with Crippen LogP contribution in [0.2, 0.25) is 0 Å². The van der Waals surface area contributed by atoms with Crippen molar-refractivity contribution in [2.24, 2.45) is 0 Å². The first-order valence-corrected chi connectivity index (χ1v) is 6.90. The second-order valence-electron chi connectivity index (χ2n) is 3.91. The zero-order valence-electron chi connectivity index (χ0n) is 10.4. The number of benzene rings is 1. The van der Waals surface area contributed by atoms with E-state index in [0.717, 1.165) is 22.9 Å². The Kier molecular flexibility index (Phi) is 5.04. The molecule has 0 aromatic heterocycles. The fourth-order valence-electron chi connectivity index (χ4n) is 1.81. The summed E-state index contributed by atoms with van der Waals surface area (Å²) < 4.78 is 10.2. The third kappa shape index (κ3) is 3.25. The first kappa shape index (κ1) is 13.4. The van der Waals surface area contributed by atoms with Crippen molar-refractivity contribution < 1.29 is 14.3 Å². The summed E-state index contributed by atoms with van der Waals surface area (Å²) >= 11 is 1.79. The maximum absolute atomic E-state index is 12.1. The summed E-state index contributed by atoms with van der Waals surface area (Å²) in [5, 5.41) is 0. The van der Waals surface area contributed by atoms with Crippen molar-refractivity contribution >= 4 is 23.4 Å². The zero-order chi connectivity index (χ0) is 12.8. The van der Waals surface area contributed by atoms with Crippen LogP contribution in [0.15, 0.2) is 29.2 Å². The SMILES string of the molecule is COCCOCC(=O)N1CCSc2ccccc21. The quantitative estimate of drug-likeness (QED) is 0.762. The molecule has 1 heterocycles. The van der Waals surface area contributed by atoms with Gasteiger partial charge in [-0.05, 0) is 12.1 Å². The molecule has 0 saturated heterocycles. The lowest BCUT2D eigenvalue weighted by Gasteiger charge is -2.28. The molecule has 0 N–H and O–H groups in total. The van der Waals surface area contributed by atoms with Crippen LogP contribution in [0, 0.1) is 0 Å². The van der Waals surface area contributed by atoms with Crippen LogP contribution in [0.3, 0.4) is 0 Å². The molecule has 1 aliphatic rings. The summed E-state index contributed by atoms with van der Waals surface area (Å²) in [5.41, 5.74) is 0.995. The molecule has 1 aromatic carbocycles. The Hall–Kier alpha value is -1.04. The summed E-state index contributed by atoms with van der Waals surface area (Å²) in [7, 11) is 1.61. The van der Waals surface area contributed by atoms with E-state index in [1.54, 1.807) is 23.8 Å². The largest absolute Gasteiger partial charge is 0.382 e. The lowest BCUT2D eigenvalue weighted by atomic mass is 10.2. The minimum Gasteiger partial charge on any atom is -0.382 e. The van der Waals surface area contributed by atoms with E-state index >= 15 is 0 Å². The van der Waals surface area contributed by atoms with Gasteiger partial charge in [-0.3, -0.25) is 4.79 Å². The number of anilines is 1. The highest BCUT2D eigenvalue weighted by atomic mass is 32.2. The summed E-state index contributed by atoms with van der Waals surface area (Å²) in [6.07, 6.45) is 0. The van der Waals surface area contributed by atoms with E-state index in [9.17, 15) is 4.79 Å². The van der Waals surface area contributed by atoms with Crippen LogP contribution >= 0.6 is 11.8 Å². The van der Waals surface area contributed by atoms with Gasteiger partial charge in [-0.15, -0.1) is 11.8 Å². The summed E-state index contributed by atoms with van der Waals surface area (Å²) in [6, 6.07) is 7.98. The molecule has 1 aromatic rings. The first-order valence-electron chi connectivity index (χ1n) is 5.92. The summed E-state index contributed by atoms with van der Waals surface area (Å²) in [5.74, 6) is 0.944. The number of carbonyl (C=O) groups excluding carboxylic acids is 1. The van der Waals surface area contributed by atoms with Gasteiger partial charge >= 0.3 is 0 Å². The van der Waals surface area contributed by atoms with Crippen LogP contribution in [-0.2, 0) is 14.3 Å². The first-order chi connectivity index (χ1) is 8.83. The number of hydrogen-bond acceptors (Lipinski definition) is 4. The normalized spacial score (nSPS) is 14.4. The smallest absolute Gasteiger partial charge is 0.253 e. The molecular formula is C13H17NO3S. The molecule has 18 heavy (non-hydrogen) atoms. The number of amides is 1. The maximum Gasteiger partial charge on any atom is 0.253 e. The highest BCUT2D eigenvalue weighted by molar-refractivity contribution is 7.99. The Labute approximate surface area is 111 Å². The number of thioether (sulfide) groups is 1. The standard InChI is InChI=1S/C13H17NO3S/c1-16-7-8-17-10-13(15)14-6-9-18-12-5-3-2-4-11(12)14/h2-5H,6-10H2,1H3. The Morgan fingerprint density at radius 3 is 3.06 bits per heavy atom. The van der Waals surface area contributed by atoms with Gasteiger partial charge in [0.1, 0.15) is 6.61 Å². The molecule has 98 valence electrons. The number of ether oxygens (including phenoxy) is 2. The molecule has 0 fully saturated rings. The molecule has 0 spiro atoms. The van der Waals surface area contributed by atoms with Gasteiger partial charge in [0, 0.05) is 24.3 Å². The van der Waals surface area contributed by atoms with Crippen LogP contribution in [-0.4, -0.2) is 45.1 Å². The molecule has 5 heteroatoms. The highest BCUT2D eigenvalue weighted by Gasteiger charge is 2.22. The minimum atomic E-state index is 0.0128. The van der Waals surface area contributed by atoms with Crippen LogP contribution in [0.1, 0.15) is 0 Å². The van der Waals surface area contributed by atoms with Crippen molar-refractivity contribution in [3.63, 3.8) is 0 Å². The predicted octanol–water partition coefficient (Wildman–Crippen LogP) is 1.79. The van der Waals surface area contributed by atoms with E-state index in [4.69, 9.17) is 9.47 Å². The van der Waals surface area contributed by atoms with Gasteiger partial charge in [0.05, 0.1) is 18.9 Å². The summed E-state index contributed by atoms with van der Waals surface area (Å²) in [6.45, 7) is 1.82. The van der Waals surface area contributed by atoms with Crippen molar-refractivity contribution in [2.45, 2.75) is 4.90 Å². The average molecular weight is 267 g/mol. The van der Waals surface area contributed by atoms with Gasteiger partial charge in [0.2, 0.25) is 0 Å². The van der Waals surface area contributed by atoms with Gasteiger partial charge in [-0.2, -0.15) is 0 Å². The van der Waals surface area contributed by atoms with Crippen LogP contribution in [0.25, 0.3) is 0 Å². The number of fused-ring (bicyclic) bond motifs is 1. The van der Waals surface area contributed by atoms with E-state index in [2.05, 4.69) is 0 Å². The van der Waals surface area contributed by atoms with Gasteiger partial charge < -0.3 is 14.4 Å². The fraction of sp³-hybridized carbons (Fsp3) is 0.462. The van der Waals surface area contributed by atoms with E-state index in [0.29, 0.717) is 13.2 Å². The maximum atomic E-state index is 12.1. The van der Waals surface area contributed by atoms with E-state index in [-0.39, 0.29) is 12.5 Å². The van der Waals surface area contributed by atoms with E-state index in [1.807, 2.05) is 24.3 Å².